The largest absolute Gasteiger partial charge is 0.491 e. The number of piperazine rings is 1. The first kappa shape index (κ1) is 27.5. The van der Waals surface area contributed by atoms with Crippen molar-refractivity contribution in [3.63, 3.8) is 0 Å². The number of aromatic nitrogens is 4. The number of ether oxygens (including phenoxy) is 2. The summed E-state index contributed by atoms with van der Waals surface area (Å²) < 4.78 is 57.8. The van der Waals surface area contributed by atoms with Crippen molar-refractivity contribution in [3.8, 4) is 17.3 Å². The number of fused-ring (bicyclic) bond motifs is 1. The van der Waals surface area contributed by atoms with E-state index in [0.717, 1.165) is 37.6 Å². The van der Waals surface area contributed by atoms with Crippen LogP contribution in [-0.2, 0) is 4.74 Å². The molecule has 40 heavy (non-hydrogen) atoms. The third kappa shape index (κ3) is 6.74. The smallest absolute Gasteiger partial charge is 0.405 e. The molecule has 1 aliphatic heterocycles. The van der Waals surface area contributed by atoms with Crippen molar-refractivity contribution in [2.24, 2.45) is 0 Å². The van der Waals surface area contributed by atoms with E-state index in [2.05, 4.69) is 24.9 Å². The Bertz CT molecular complexity index is 1370. The average Bonchev–Trinajstić information content (AvgIpc) is 3.62. The molecule has 0 atom stereocenters. The molecular formula is C26H31F3N8O3. The first-order valence-electron chi connectivity index (χ1n) is 12.9. The molecule has 0 aliphatic carbocycles. The van der Waals surface area contributed by atoms with Gasteiger partial charge in [0.15, 0.2) is 11.4 Å². The summed E-state index contributed by atoms with van der Waals surface area (Å²) in [7, 11) is 1.63. The van der Waals surface area contributed by atoms with Gasteiger partial charge in [0, 0.05) is 58.1 Å². The molecule has 1 aromatic carbocycles. The first-order valence-corrected chi connectivity index (χ1v) is 12.9. The minimum Gasteiger partial charge on any atom is -0.491 e. The Morgan fingerprint density at radius 1 is 1.05 bits per heavy atom. The number of anilines is 3. The zero-order valence-corrected chi connectivity index (χ0v) is 22.0. The summed E-state index contributed by atoms with van der Waals surface area (Å²) in [4.78, 5) is 14.2. The van der Waals surface area contributed by atoms with Crippen molar-refractivity contribution in [1.82, 2.24) is 24.5 Å². The maximum absolute atomic E-state index is 13.5. The van der Waals surface area contributed by atoms with Crippen LogP contribution in [0.3, 0.4) is 0 Å². The molecule has 0 amide bonds. The quantitative estimate of drug-likeness (QED) is 0.275. The van der Waals surface area contributed by atoms with Gasteiger partial charge in [0.25, 0.3) is 0 Å². The number of hydrogen-bond donors (Lipinski definition) is 1. The van der Waals surface area contributed by atoms with Crippen molar-refractivity contribution in [1.29, 1.82) is 0 Å². The summed E-state index contributed by atoms with van der Waals surface area (Å²) in [6, 6.07) is 12.7. The fourth-order valence-corrected chi connectivity index (χ4v) is 4.55. The summed E-state index contributed by atoms with van der Waals surface area (Å²) >= 11 is 0. The predicted molar refractivity (Wildman–Crippen MR) is 144 cm³/mol. The molecule has 0 radical (unpaired) electrons. The van der Waals surface area contributed by atoms with Gasteiger partial charge in [0.1, 0.15) is 24.7 Å². The molecule has 0 spiro atoms. The van der Waals surface area contributed by atoms with Crippen LogP contribution in [-0.4, -0.2) is 96.8 Å². The van der Waals surface area contributed by atoms with Gasteiger partial charge in [-0.3, -0.25) is 4.90 Å². The van der Waals surface area contributed by atoms with Crippen LogP contribution in [0.1, 0.15) is 0 Å². The van der Waals surface area contributed by atoms with Crippen molar-refractivity contribution < 1.29 is 27.1 Å². The SMILES string of the molecule is COCCOc1ccc(N2CCN(CCN(CC(F)(F)F)c3cc4nc(-c5ccco5)nn4c(N)n3)CC2)cc1. The number of methoxy groups -OCH3 is 1. The third-order valence-electron chi connectivity index (χ3n) is 6.59. The van der Waals surface area contributed by atoms with Gasteiger partial charge in [-0.15, -0.1) is 5.10 Å². The van der Waals surface area contributed by atoms with Gasteiger partial charge in [-0.25, -0.2) is 4.98 Å². The molecule has 3 aromatic heterocycles. The Kier molecular flexibility index (Phi) is 8.26. The molecule has 1 saturated heterocycles. The van der Waals surface area contributed by atoms with Crippen molar-refractivity contribution in [2.75, 3.05) is 81.7 Å². The molecule has 1 aliphatic rings. The van der Waals surface area contributed by atoms with Crippen LogP contribution in [0, 0.1) is 0 Å². The Labute approximate surface area is 228 Å². The van der Waals surface area contributed by atoms with Crippen LogP contribution >= 0.6 is 0 Å². The normalized spacial score (nSPS) is 14.7. The molecule has 0 unspecified atom stereocenters. The number of alkyl halides is 3. The Morgan fingerprint density at radius 2 is 1.82 bits per heavy atom. The third-order valence-corrected chi connectivity index (χ3v) is 6.59. The van der Waals surface area contributed by atoms with Gasteiger partial charge in [0.05, 0.1) is 12.9 Å². The second-order valence-electron chi connectivity index (χ2n) is 9.36. The van der Waals surface area contributed by atoms with E-state index in [0.29, 0.717) is 25.5 Å². The zero-order valence-electron chi connectivity index (χ0n) is 22.0. The Hall–Kier alpha value is -4.04. The molecule has 0 bridgehead atoms. The predicted octanol–water partition coefficient (Wildman–Crippen LogP) is 3.18. The number of nitrogen functional groups attached to an aromatic ring is 1. The van der Waals surface area contributed by atoms with Crippen molar-refractivity contribution in [3.05, 3.63) is 48.7 Å². The highest BCUT2D eigenvalue weighted by atomic mass is 19.4. The van der Waals surface area contributed by atoms with Gasteiger partial charge >= 0.3 is 6.18 Å². The summed E-state index contributed by atoms with van der Waals surface area (Å²) in [6.45, 7) is 3.37. The van der Waals surface area contributed by atoms with Crippen LogP contribution in [0.2, 0.25) is 0 Å². The van der Waals surface area contributed by atoms with Crippen LogP contribution in [0.25, 0.3) is 17.2 Å². The van der Waals surface area contributed by atoms with Crippen molar-refractivity contribution >= 4 is 23.1 Å². The summed E-state index contributed by atoms with van der Waals surface area (Å²) in [5, 5.41) is 4.26. The fraction of sp³-hybridized carbons (Fsp3) is 0.423. The van der Waals surface area contributed by atoms with Crippen LogP contribution in [0.15, 0.2) is 53.1 Å². The summed E-state index contributed by atoms with van der Waals surface area (Å²) in [6.07, 6.45) is -2.94. The van der Waals surface area contributed by atoms with E-state index in [1.54, 1.807) is 19.2 Å². The number of nitrogens with zero attached hydrogens (tertiary/aromatic N) is 7. The second-order valence-corrected chi connectivity index (χ2v) is 9.36. The molecule has 1 fully saturated rings. The molecule has 0 saturated carbocycles. The van der Waals surface area contributed by atoms with Crippen LogP contribution in [0.5, 0.6) is 5.75 Å². The van der Waals surface area contributed by atoms with Crippen LogP contribution < -0.4 is 20.3 Å². The monoisotopic (exact) mass is 560 g/mol. The van der Waals surface area contributed by atoms with E-state index in [-0.39, 0.29) is 29.8 Å². The van der Waals surface area contributed by atoms with E-state index in [1.165, 1.54) is 21.7 Å². The maximum atomic E-state index is 13.5. The van der Waals surface area contributed by atoms with E-state index in [9.17, 15) is 13.2 Å². The van der Waals surface area contributed by atoms with Gasteiger partial charge < -0.3 is 29.4 Å². The zero-order chi connectivity index (χ0) is 28.1. The topological polar surface area (TPSA) is 110 Å². The highest BCUT2D eigenvalue weighted by Gasteiger charge is 2.32. The summed E-state index contributed by atoms with van der Waals surface area (Å²) in [5.41, 5.74) is 7.41. The van der Waals surface area contributed by atoms with Gasteiger partial charge in [0.2, 0.25) is 11.8 Å². The first-order chi connectivity index (χ1) is 19.3. The number of rotatable bonds is 11. The minimum absolute atomic E-state index is 0.0614. The fourth-order valence-electron chi connectivity index (χ4n) is 4.55. The molecule has 4 heterocycles. The molecule has 14 heteroatoms. The number of hydrogen-bond acceptors (Lipinski definition) is 10. The molecular weight excluding hydrogens is 529 g/mol. The van der Waals surface area contributed by atoms with E-state index in [1.807, 2.05) is 24.3 Å². The van der Waals surface area contributed by atoms with E-state index < -0.39 is 12.7 Å². The highest BCUT2D eigenvalue weighted by molar-refractivity contribution is 5.59. The molecule has 5 rings (SSSR count). The number of furan rings is 1. The average molecular weight is 561 g/mol. The lowest BCUT2D eigenvalue weighted by molar-refractivity contribution is -0.119. The lowest BCUT2D eigenvalue weighted by Crippen LogP contribution is -2.49. The van der Waals surface area contributed by atoms with E-state index >= 15 is 0 Å². The van der Waals surface area contributed by atoms with Gasteiger partial charge in [-0.05, 0) is 36.4 Å². The lowest BCUT2D eigenvalue weighted by Gasteiger charge is -2.37. The van der Waals surface area contributed by atoms with E-state index in [4.69, 9.17) is 19.6 Å². The highest BCUT2D eigenvalue weighted by Crippen LogP contribution is 2.25. The lowest BCUT2D eigenvalue weighted by atomic mass is 10.2. The Morgan fingerprint density at radius 3 is 2.50 bits per heavy atom. The van der Waals surface area contributed by atoms with Gasteiger partial charge in [-0.2, -0.15) is 22.7 Å². The number of nitrogens with two attached hydrogens (primary N) is 1. The number of halogens is 3. The summed E-state index contributed by atoms with van der Waals surface area (Å²) in [5.74, 6) is 1.49. The molecule has 2 N–H and O–H groups in total. The maximum Gasteiger partial charge on any atom is 0.405 e. The molecule has 4 aromatic rings. The van der Waals surface area contributed by atoms with Crippen molar-refractivity contribution in [2.45, 2.75) is 6.18 Å². The number of benzene rings is 1. The second kappa shape index (κ2) is 12.0. The Balaban J connectivity index is 1.22. The van der Waals surface area contributed by atoms with Gasteiger partial charge in [-0.1, -0.05) is 0 Å². The molecule has 11 nitrogen and oxygen atoms in total. The van der Waals surface area contributed by atoms with Crippen LogP contribution in [0.4, 0.5) is 30.6 Å². The standard InChI is InChI=1S/C26H31F3N8O3/c1-38-15-16-39-20-6-4-19(5-7-20)35-11-8-34(9-12-35)10-13-36(18-26(27,28)29)22-17-23-31-24(21-3-2-14-40-21)33-37(23)25(30)32-22/h2-7,14,17H,8-13,15-16,18H2,1H3,(H2,30,32). The molecule has 214 valence electrons. The minimum atomic E-state index is -4.42.